The van der Waals surface area contributed by atoms with Crippen LogP contribution in [0.2, 0.25) is 15.1 Å². The van der Waals surface area contributed by atoms with Gasteiger partial charge in [-0.15, -0.1) is 34.0 Å². The van der Waals surface area contributed by atoms with Gasteiger partial charge in [-0.2, -0.15) is 15.3 Å². The van der Waals surface area contributed by atoms with E-state index in [1.807, 2.05) is 210 Å². The van der Waals surface area contributed by atoms with Gasteiger partial charge in [0.2, 0.25) is 0 Å². The Labute approximate surface area is 788 Å². The smallest absolute Gasteiger partial charge is 0.339 e. The predicted octanol–water partition coefficient (Wildman–Crippen LogP) is 24.3. The van der Waals surface area contributed by atoms with Crippen molar-refractivity contribution in [3.8, 4) is 65.1 Å². The molecule has 29 heteroatoms. The van der Waals surface area contributed by atoms with Gasteiger partial charge in [-0.05, 0) is 296 Å². The third kappa shape index (κ3) is 20.0. The minimum absolute atomic E-state index is 0.261. The summed E-state index contributed by atoms with van der Waals surface area (Å²) in [6, 6.07) is 49.1. The molecule has 22 nitrogen and oxygen atoms in total. The van der Waals surface area contributed by atoms with Crippen molar-refractivity contribution in [1.82, 2.24) is 54.1 Å². The number of carbonyl (C=O) groups is 3. The second kappa shape index (κ2) is 37.8. The van der Waals surface area contributed by atoms with Crippen LogP contribution in [0.15, 0.2) is 150 Å². The van der Waals surface area contributed by atoms with Gasteiger partial charge in [0.05, 0.1) is 77.2 Å². The number of likely N-dealkylation sites (N-methyl/N-ethyl adjacent to an activating group) is 2. The van der Waals surface area contributed by atoms with E-state index in [9.17, 15) is 19.5 Å². The van der Waals surface area contributed by atoms with Crippen LogP contribution in [0.4, 0.5) is 11.6 Å². The van der Waals surface area contributed by atoms with Crippen LogP contribution in [0.5, 0.6) is 0 Å². The van der Waals surface area contributed by atoms with E-state index < -0.39 is 53.0 Å². The zero-order valence-electron chi connectivity index (χ0n) is 76.7. The van der Waals surface area contributed by atoms with E-state index in [1.54, 1.807) is 40.9 Å². The molecule has 674 valence electrons. The number of carboxylic acids is 1. The second-order valence-corrected chi connectivity index (χ2v) is 41.5. The molecule has 2 fully saturated rings. The fourth-order valence-corrected chi connectivity index (χ4v) is 21.5. The molecule has 5 atom stereocenters. The third-order valence-corrected chi connectivity index (χ3v) is 28.0. The van der Waals surface area contributed by atoms with E-state index in [2.05, 4.69) is 129 Å². The van der Waals surface area contributed by atoms with E-state index in [0.29, 0.717) is 32.7 Å². The van der Waals surface area contributed by atoms with Crippen LogP contribution in [0.1, 0.15) is 141 Å². The first-order valence-corrected chi connectivity index (χ1v) is 47.6. The molecular weight excluding hydrogens is 1810 g/mol. The van der Waals surface area contributed by atoms with E-state index in [4.69, 9.17) is 83.6 Å². The van der Waals surface area contributed by atoms with Crippen LogP contribution < -0.4 is 9.80 Å². The highest BCUT2D eigenvalue weighted by atomic mass is 79.9. The number of rotatable bonds is 21. The average Bonchev–Trinajstić information content (AvgIpc) is 1.63. The molecule has 15 aromatic rings. The molecule has 8 heterocycles. The predicted molar refractivity (Wildman–Crippen MR) is 531 cm³/mol. The molecule has 0 bridgehead atoms. The van der Waals surface area contributed by atoms with Gasteiger partial charge in [0, 0.05) is 141 Å². The molecule has 17 rings (SSSR count). The van der Waals surface area contributed by atoms with Crippen molar-refractivity contribution in [2.45, 2.75) is 157 Å². The van der Waals surface area contributed by atoms with Gasteiger partial charge in [-0.25, -0.2) is 29.3 Å². The van der Waals surface area contributed by atoms with E-state index >= 15 is 0 Å². The Morgan fingerprint density at radius 2 is 0.744 bits per heavy atom. The summed E-state index contributed by atoms with van der Waals surface area (Å²) in [6.07, 6.45) is -0.761. The van der Waals surface area contributed by atoms with E-state index in [-0.39, 0.29) is 13.2 Å². The zero-order valence-corrected chi connectivity index (χ0v) is 83.0. The number of aromatic nitrogens is 9. The van der Waals surface area contributed by atoms with Crippen molar-refractivity contribution in [3.63, 3.8) is 0 Å². The molecular formula is C100H109BrCl3N13O9S3. The number of nitrogens with zero attached hydrogens (tertiary/aromatic N) is 13. The number of fused-ring (bicyclic) bond motifs is 6. The Morgan fingerprint density at radius 3 is 1.05 bits per heavy atom. The first kappa shape index (κ1) is 93.9. The van der Waals surface area contributed by atoms with E-state index in [0.717, 1.165) is 212 Å². The molecule has 0 aliphatic carbocycles. The van der Waals surface area contributed by atoms with Gasteiger partial charge < -0.3 is 48.4 Å². The lowest BCUT2D eigenvalue weighted by Crippen LogP contribution is -2.31. The number of aliphatic carboxylic acids is 1. The zero-order chi connectivity index (χ0) is 92.5. The molecule has 9 aromatic carbocycles. The van der Waals surface area contributed by atoms with Crippen molar-refractivity contribution in [1.29, 1.82) is 0 Å². The number of anilines is 2. The van der Waals surface area contributed by atoms with Crippen molar-refractivity contribution in [2.24, 2.45) is 21.1 Å². The summed E-state index contributed by atoms with van der Waals surface area (Å²) in [5.74, 6) is 0.157. The minimum atomic E-state index is -1.16. The van der Waals surface area contributed by atoms with Crippen LogP contribution in [0.25, 0.3) is 128 Å². The minimum Gasteiger partial charge on any atom is -0.479 e. The van der Waals surface area contributed by atoms with Crippen LogP contribution in [-0.2, 0) is 59.2 Å². The summed E-state index contributed by atoms with van der Waals surface area (Å²) < 4.78 is 39.5. The number of benzene rings is 9. The maximum atomic E-state index is 13.5. The summed E-state index contributed by atoms with van der Waals surface area (Å²) in [5.41, 5.74) is 17.1. The van der Waals surface area contributed by atoms with Gasteiger partial charge in [-0.1, -0.05) is 71.2 Å². The number of aryl methyl sites for hydroxylation is 6. The Morgan fingerprint density at radius 1 is 0.450 bits per heavy atom. The molecule has 0 saturated carbocycles. The number of thiazole rings is 3. The fraction of sp³-hybridized carbons (Fsp3) is 0.370. The number of carbonyl (C=O) groups excluding carboxylic acids is 2. The third-order valence-electron chi connectivity index (χ3n) is 23.2. The number of carboxylic acid groups (broad SMARTS) is 1. The van der Waals surface area contributed by atoms with Gasteiger partial charge in [0.1, 0.15) is 19.6 Å². The largest absolute Gasteiger partial charge is 0.479 e. The SMILES string of the molecule is CCOC(=O)[C@@H](OC(C)(C)C)c1c(C)cc2nc(-c3ccc4c(c3)c(Br)nn4C)sc2c1-c1ccc(Cl)cc1.CCOC(=O)[C@@H](OC(C)(C)C)c1c(C)cc2nc(-c3ccc4c(c3)c(N3CC[C@H](N(C)C)C3)nn4C)sc2c1-c1ccc(Cl)cc1.Cc1cc2nc(-c3ccc4c(c3)c(N3CC[C@H](N(C)C)C3)nn4C)sc2c(-c2ccc(Cl)cc2)c1[C@H](OC(C)(C)C)C(=O)O. The number of hydrogen-bond donors (Lipinski definition) is 1. The second-order valence-electron chi connectivity index (χ2n) is 36.5. The molecule has 2 saturated heterocycles. The van der Waals surface area contributed by atoms with Crippen molar-refractivity contribution in [2.75, 3.05) is 77.4 Å². The van der Waals surface area contributed by atoms with Crippen molar-refractivity contribution in [3.05, 3.63) is 199 Å². The Hall–Kier alpha value is -9.78. The summed E-state index contributed by atoms with van der Waals surface area (Å²) >= 11 is 27.2. The molecule has 129 heavy (non-hydrogen) atoms. The summed E-state index contributed by atoms with van der Waals surface area (Å²) in [4.78, 5) is 64.2. The molecule has 0 amide bonds. The fourth-order valence-electron chi connectivity index (χ4n) is 17.2. The number of halogens is 4. The highest BCUT2D eigenvalue weighted by Gasteiger charge is 2.39. The standard InChI is InChI=1S/C36H42ClN5O3S.C34H38ClN5O3S.C30H29BrClN3O3S/c1-9-44-35(43)31(45-36(3,4)5)29-21(2)18-27-32(30(29)22-10-13-24(37)14-11-22)46-34(38-27)23-12-15-28-26(19-23)33(39-41(28)8)42-17-16-25(20-42)40(6)7;1-19-16-25-30(28(20-8-11-22(35)12-9-20)27(19)29(33(41)42)43-34(2,3)4)44-32(36-25)21-10-13-26-24(17-21)31(37-39(26)7)40-15-14-23(18-40)38(5)6;1-7-37-29(36)25(38-30(3,4)5)23-16(2)14-21-26(24(23)17-8-11-19(32)12-9-17)39-28(33-21)18-10-13-22-20(15-18)27(31)34-35(22)6/h10-15,18-19,25,31H,9,16-17,20H2,1-8H3;8-13,16-17,23,29H,14-15,18H2,1-7H3,(H,41,42);8-15,25H,7H2,1-6H3/t25-,31-;23-,29-;25-/m000/s1. The van der Waals surface area contributed by atoms with E-state index in [1.165, 1.54) is 0 Å². The summed E-state index contributed by atoms with van der Waals surface area (Å²) in [5, 5.41) is 32.5. The number of hydrogen-bond acceptors (Lipinski definition) is 21. The summed E-state index contributed by atoms with van der Waals surface area (Å²) in [7, 11) is 14.5. The highest BCUT2D eigenvalue weighted by Crippen LogP contribution is 2.51. The first-order valence-electron chi connectivity index (χ1n) is 43.2. The lowest BCUT2D eigenvalue weighted by Gasteiger charge is -2.29. The lowest BCUT2D eigenvalue weighted by molar-refractivity contribution is -0.167. The van der Waals surface area contributed by atoms with Crippen molar-refractivity contribution < 1.29 is 43.2 Å². The van der Waals surface area contributed by atoms with Crippen molar-refractivity contribution >= 4 is 178 Å². The maximum Gasteiger partial charge on any atom is 0.339 e. The first-order chi connectivity index (χ1) is 61.1. The molecule has 0 spiro atoms. The normalized spacial score (nSPS) is 15.3. The lowest BCUT2D eigenvalue weighted by atomic mass is 9.91. The van der Waals surface area contributed by atoms with Crippen LogP contribution in [0.3, 0.4) is 0 Å². The van der Waals surface area contributed by atoms with Crippen LogP contribution >= 0.6 is 84.7 Å². The number of ether oxygens (including phenoxy) is 5. The average molecular weight is 1920 g/mol. The van der Waals surface area contributed by atoms with Crippen LogP contribution in [0, 0.1) is 20.8 Å². The monoisotopic (exact) mass is 1920 g/mol. The highest BCUT2D eigenvalue weighted by molar-refractivity contribution is 9.10. The molecule has 0 radical (unpaired) electrons. The molecule has 6 aromatic heterocycles. The number of esters is 2. The Kier molecular flexibility index (Phi) is 27.5. The summed E-state index contributed by atoms with van der Waals surface area (Å²) in [6.45, 7) is 31.2. The quantitative estimate of drug-likeness (QED) is 0.0660. The Balaban J connectivity index is 0.000000149. The van der Waals surface area contributed by atoms with Gasteiger partial charge in [0.25, 0.3) is 0 Å². The van der Waals surface area contributed by atoms with Gasteiger partial charge >= 0.3 is 17.9 Å². The van der Waals surface area contributed by atoms with Crippen LogP contribution in [-0.4, -0.2) is 174 Å². The maximum absolute atomic E-state index is 13.5. The van der Waals surface area contributed by atoms with Gasteiger partial charge in [-0.3, -0.25) is 14.0 Å². The molecule has 1 N–H and O–H groups in total. The topological polar surface area (TPSA) is 223 Å². The Bertz CT molecular complexity index is 6760. The molecule has 2 aliphatic heterocycles. The molecule has 0 unspecified atom stereocenters. The molecule has 2 aliphatic rings. The van der Waals surface area contributed by atoms with Gasteiger partial charge in [0.15, 0.2) is 29.9 Å².